The summed E-state index contributed by atoms with van der Waals surface area (Å²) in [5.74, 6) is -0.440. The van der Waals surface area contributed by atoms with Crippen LogP contribution >= 0.6 is 23.2 Å². The fourth-order valence-electron chi connectivity index (χ4n) is 4.28. The molecule has 1 unspecified atom stereocenters. The molecule has 4 rings (SSSR count). The number of benzene rings is 3. The Hall–Kier alpha value is -3.06. The number of halogens is 2. The molecule has 3 aromatic rings. The van der Waals surface area contributed by atoms with Gasteiger partial charge >= 0.3 is 0 Å². The molecule has 1 aliphatic heterocycles. The molecule has 1 heterocycles. The van der Waals surface area contributed by atoms with Gasteiger partial charge in [0.15, 0.2) is 0 Å². The number of nitrogens with one attached hydrogen (secondary N) is 3. The van der Waals surface area contributed by atoms with E-state index in [4.69, 9.17) is 28.3 Å². The van der Waals surface area contributed by atoms with Crippen LogP contribution in [0.15, 0.2) is 66.7 Å². The molecule has 4 N–H and O–H groups in total. The van der Waals surface area contributed by atoms with Crippen molar-refractivity contribution in [3.8, 4) is 0 Å². The molecule has 0 radical (unpaired) electrons. The Labute approximate surface area is 201 Å². The Morgan fingerprint density at radius 1 is 0.970 bits per heavy atom. The van der Waals surface area contributed by atoms with Crippen LogP contribution < -0.4 is 16.0 Å². The molecule has 170 valence electrons. The van der Waals surface area contributed by atoms with Crippen LogP contribution in [0.3, 0.4) is 0 Å². The fraction of sp³-hybridized carbons (Fsp3) is 0.200. The first kappa shape index (κ1) is 23.1. The maximum atomic E-state index is 13.7. The average molecular weight is 484 g/mol. The lowest BCUT2D eigenvalue weighted by atomic mass is 9.70. The zero-order valence-corrected chi connectivity index (χ0v) is 19.2. The SMILES string of the molecule is O=C(CNc1ccccc1C1(Cc2cccc(Cl)c2)C(=O)Nc2cc(Cl)ccc21)NCCO. The average Bonchev–Trinajstić information content (AvgIpc) is 3.07. The monoisotopic (exact) mass is 483 g/mol. The van der Waals surface area contributed by atoms with E-state index in [9.17, 15) is 9.59 Å². The Balaban J connectivity index is 1.81. The highest BCUT2D eigenvalue weighted by atomic mass is 35.5. The van der Waals surface area contributed by atoms with Crippen molar-refractivity contribution in [2.75, 3.05) is 30.3 Å². The zero-order valence-electron chi connectivity index (χ0n) is 17.7. The second kappa shape index (κ2) is 9.83. The molecule has 1 atom stereocenters. The highest BCUT2D eigenvalue weighted by Crippen LogP contribution is 2.48. The van der Waals surface area contributed by atoms with Crippen molar-refractivity contribution >= 4 is 46.4 Å². The Morgan fingerprint density at radius 2 is 1.76 bits per heavy atom. The number of aliphatic hydroxyl groups is 1. The number of rotatable bonds is 8. The van der Waals surface area contributed by atoms with Crippen LogP contribution in [0.2, 0.25) is 10.0 Å². The van der Waals surface area contributed by atoms with Crippen molar-refractivity contribution in [1.29, 1.82) is 0 Å². The summed E-state index contributed by atoms with van der Waals surface area (Å²) in [6, 6.07) is 20.3. The summed E-state index contributed by atoms with van der Waals surface area (Å²) in [5, 5.41) is 18.8. The summed E-state index contributed by atoms with van der Waals surface area (Å²) < 4.78 is 0. The largest absolute Gasteiger partial charge is 0.395 e. The number of aliphatic hydroxyl groups excluding tert-OH is 1. The van der Waals surface area contributed by atoms with Crippen molar-refractivity contribution in [1.82, 2.24) is 5.32 Å². The summed E-state index contributed by atoms with van der Waals surface area (Å²) >= 11 is 12.4. The number of hydrogen-bond donors (Lipinski definition) is 4. The van der Waals surface area contributed by atoms with Crippen molar-refractivity contribution in [3.05, 3.63) is 93.5 Å². The summed E-state index contributed by atoms with van der Waals surface area (Å²) in [7, 11) is 0. The molecule has 0 spiro atoms. The Morgan fingerprint density at radius 3 is 2.55 bits per heavy atom. The van der Waals surface area contributed by atoms with Crippen molar-refractivity contribution < 1.29 is 14.7 Å². The number of para-hydroxylation sites is 1. The van der Waals surface area contributed by atoms with E-state index in [0.717, 1.165) is 16.7 Å². The third-order valence-electron chi connectivity index (χ3n) is 5.70. The van der Waals surface area contributed by atoms with Gasteiger partial charge in [0.2, 0.25) is 11.8 Å². The molecule has 33 heavy (non-hydrogen) atoms. The van der Waals surface area contributed by atoms with E-state index in [1.807, 2.05) is 48.5 Å². The van der Waals surface area contributed by atoms with Gasteiger partial charge in [0, 0.05) is 28.0 Å². The van der Waals surface area contributed by atoms with Crippen LogP contribution in [0, 0.1) is 0 Å². The van der Waals surface area contributed by atoms with Gasteiger partial charge in [0.25, 0.3) is 0 Å². The number of fused-ring (bicyclic) bond motifs is 1. The van der Waals surface area contributed by atoms with E-state index in [1.165, 1.54) is 0 Å². The van der Waals surface area contributed by atoms with Crippen molar-refractivity contribution in [2.24, 2.45) is 0 Å². The third kappa shape index (κ3) is 4.69. The van der Waals surface area contributed by atoms with Crippen LogP contribution in [0.4, 0.5) is 11.4 Å². The number of hydrogen-bond acceptors (Lipinski definition) is 4. The lowest BCUT2D eigenvalue weighted by molar-refractivity contribution is -0.120. The Bertz CT molecular complexity index is 1200. The van der Waals surface area contributed by atoms with E-state index in [1.54, 1.807) is 18.2 Å². The minimum absolute atomic E-state index is 0.000642. The van der Waals surface area contributed by atoms with Crippen LogP contribution in [-0.2, 0) is 21.4 Å². The number of anilines is 2. The zero-order chi connectivity index (χ0) is 23.4. The third-order valence-corrected chi connectivity index (χ3v) is 6.17. The minimum atomic E-state index is -1.06. The molecule has 0 saturated heterocycles. The van der Waals surface area contributed by atoms with E-state index >= 15 is 0 Å². The number of carbonyl (C=O) groups excluding carboxylic acids is 2. The first-order chi connectivity index (χ1) is 15.9. The smallest absolute Gasteiger partial charge is 0.240 e. The van der Waals surface area contributed by atoms with Crippen LogP contribution in [0.25, 0.3) is 0 Å². The Kier molecular flexibility index (Phi) is 6.88. The lowest BCUT2D eigenvalue weighted by Crippen LogP contribution is -2.39. The normalized spacial score (nSPS) is 16.8. The summed E-state index contributed by atoms with van der Waals surface area (Å²) in [5.41, 5.74) is 2.70. The lowest BCUT2D eigenvalue weighted by Gasteiger charge is -2.31. The van der Waals surface area contributed by atoms with E-state index in [0.29, 0.717) is 27.8 Å². The van der Waals surface area contributed by atoms with Gasteiger partial charge in [-0.3, -0.25) is 9.59 Å². The highest BCUT2D eigenvalue weighted by molar-refractivity contribution is 6.31. The van der Waals surface area contributed by atoms with Gasteiger partial charge in [-0.25, -0.2) is 0 Å². The van der Waals surface area contributed by atoms with E-state index in [2.05, 4.69) is 16.0 Å². The number of carbonyl (C=O) groups is 2. The summed E-state index contributed by atoms with van der Waals surface area (Å²) in [6.07, 6.45) is 0.365. The van der Waals surface area contributed by atoms with Crippen LogP contribution in [0.5, 0.6) is 0 Å². The topological polar surface area (TPSA) is 90.5 Å². The molecule has 0 bridgehead atoms. The van der Waals surface area contributed by atoms with Crippen LogP contribution in [-0.4, -0.2) is 36.6 Å². The maximum absolute atomic E-state index is 13.7. The molecule has 0 fully saturated rings. The first-order valence-corrected chi connectivity index (χ1v) is 11.3. The molecule has 0 saturated carbocycles. The minimum Gasteiger partial charge on any atom is -0.395 e. The maximum Gasteiger partial charge on any atom is 0.240 e. The fourth-order valence-corrected chi connectivity index (χ4v) is 4.66. The van der Waals surface area contributed by atoms with Gasteiger partial charge in [-0.05, 0) is 53.4 Å². The quantitative estimate of drug-likeness (QED) is 0.389. The molecule has 0 aliphatic carbocycles. The molecule has 0 aromatic heterocycles. The molecule has 3 aromatic carbocycles. The predicted octanol–water partition coefficient (Wildman–Crippen LogP) is 3.99. The standard InChI is InChI=1S/C25H23Cl2N3O3/c26-17-5-3-4-16(12-17)14-25(20-9-8-18(27)13-22(20)30-24(25)33)19-6-1-2-7-21(19)29-15-23(32)28-10-11-31/h1-9,12-13,29,31H,10-11,14-15H2,(H,28,32)(H,30,33). The second-order valence-electron chi connectivity index (χ2n) is 7.83. The second-order valence-corrected chi connectivity index (χ2v) is 8.70. The number of amides is 2. The van der Waals surface area contributed by atoms with Gasteiger partial charge in [0.05, 0.1) is 13.2 Å². The molecule has 8 heteroatoms. The molecule has 1 aliphatic rings. The van der Waals surface area contributed by atoms with Crippen LogP contribution in [0.1, 0.15) is 16.7 Å². The molecule has 2 amide bonds. The molecular formula is C25H23Cl2N3O3. The van der Waals surface area contributed by atoms with Crippen molar-refractivity contribution in [2.45, 2.75) is 11.8 Å². The highest BCUT2D eigenvalue weighted by Gasteiger charge is 2.49. The van der Waals surface area contributed by atoms with Gasteiger partial charge in [-0.15, -0.1) is 0 Å². The summed E-state index contributed by atoms with van der Waals surface area (Å²) in [6.45, 7) is 0.0430. The van der Waals surface area contributed by atoms with Gasteiger partial charge < -0.3 is 21.1 Å². The van der Waals surface area contributed by atoms with Gasteiger partial charge in [-0.1, -0.05) is 59.6 Å². The van der Waals surface area contributed by atoms with Gasteiger partial charge in [-0.2, -0.15) is 0 Å². The molecule has 6 nitrogen and oxygen atoms in total. The molecular weight excluding hydrogens is 461 g/mol. The summed E-state index contributed by atoms with van der Waals surface area (Å²) in [4.78, 5) is 25.8. The van der Waals surface area contributed by atoms with E-state index < -0.39 is 5.41 Å². The predicted molar refractivity (Wildman–Crippen MR) is 131 cm³/mol. The van der Waals surface area contributed by atoms with Crippen molar-refractivity contribution in [3.63, 3.8) is 0 Å². The van der Waals surface area contributed by atoms with Gasteiger partial charge in [0.1, 0.15) is 5.41 Å². The first-order valence-electron chi connectivity index (χ1n) is 10.5. The van der Waals surface area contributed by atoms with E-state index in [-0.39, 0.29) is 31.5 Å².